The van der Waals surface area contributed by atoms with Crippen LogP contribution >= 0.6 is 0 Å². The number of nitrogens with one attached hydrogen (secondary N) is 2. The van der Waals surface area contributed by atoms with E-state index in [4.69, 9.17) is 10.6 Å². The molecule has 0 saturated heterocycles. The highest BCUT2D eigenvalue weighted by Crippen LogP contribution is 2.23. The molecule has 0 aliphatic carbocycles. The predicted octanol–water partition coefficient (Wildman–Crippen LogP) is 1.50. The van der Waals surface area contributed by atoms with Gasteiger partial charge in [0.2, 0.25) is 5.82 Å². The summed E-state index contributed by atoms with van der Waals surface area (Å²) in [5.41, 5.74) is 2.30. The van der Waals surface area contributed by atoms with Gasteiger partial charge in [-0.1, -0.05) is 0 Å². The zero-order valence-electron chi connectivity index (χ0n) is 10.9. The molecule has 8 heteroatoms. The Balaban J connectivity index is 2.52. The number of unbranched alkanes of at least 4 members (excludes halogenated alkanes) is 2. The highest BCUT2D eigenvalue weighted by Gasteiger charge is 2.15. The van der Waals surface area contributed by atoms with E-state index in [-0.39, 0.29) is 11.5 Å². The number of nitrogen functional groups attached to an aromatic ring is 1. The van der Waals surface area contributed by atoms with E-state index < -0.39 is 4.92 Å². The highest BCUT2D eigenvalue weighted by atomic mass is 16.6. The summed E-state index contributed by atoms with van der Waals surface area (Å²) >= 11 is 0. The van der Waals surface area contributed by atoms with Crippen LogP contribution in [0.15, 0.2) is 12.1 Å². The van der Waals surface area contributed by atoms with Crippen LogP contribution in [-0.2, 0) is 4.74 Å². The quantitative estimate of drug-likeness (QED) is 0.269. The van der Waals surface area contributed by atoms with Crippen molar-refractivity contribution in [2.24, 2.45) is 5.84 Å². The minimum absolute atomic E-state index is 0.0594. The van der Waals surface area contributed by atoms with E-state index in [1.165, 1.54) is 12.1 Å². The number of hydrogen-bond acceptors (Lipinski definition) is 7. The number of rotatable bonds is 9. The number of hydrazine groups is 1. The topological polar surface area (TPSA) is 115 Å². The summed E-state index contributed by atoms with van der Waals surface area (Å²) in [5, 5.41) is 13.8. The van der Waals surface area contributed by atoms with E-state index in [0.717, 1.165) is 25.9 Å². The Kier molecular flexibility index (Phi) is 6.55. The number of nitrogens with two attached hydrogens (primary N) is 1. The van der Waals surface area contributed by atoms with Crippen LogP contribution in [0, 0.1) is 10.1 Å². The maximum Gasteiger partial charge on any atom is 0.311 e. The summed E-state index contributed by atoms with van der Waals surface area (Å²) in [4.78, 5) is 14.4. The number of ether oxygens (including phenoxy) is 1. The van der Waals surface area contributed by atoms with Gasteiger partial charge in [-0.25, -0.2) is 10.8 Å². The van der Waals surface area contributed by atoms with Gasteiger partial charge >= 0.3 is 5.69 Å². The van der Waals surface area contributed by atoms with Crippen molar-refractivity contribution in [3.05, 3.63) is 22.2 Å². The Morgan fingerprint density at radius 1 is 1.42 bits per heavy atom. The first-order valence-electron chi connectivity index (χ1n) is 6.04. The van der Waals surface area contributed by atoms with Crippen molar-refractivity contribution in [1.29, 1.82) is 0 Å². The molecular formula is C11H19N5O3. The summed E-state index contributed by atoms with van der Waals surface area (Å²) in [6.07, 6.45) is 2.85. The number of nitro groups is 1. The van der Waals surface area contributed by atoms with Crippen molar-refractivity contribution in [3.63, 3.8) is 0 Å². The third-order valence-corrected chi connectivity index (χ3v) is 2.54. The Morgan fingerprint density at radius 3 is 2.84 bits per heavy atom. The average Bonchev–Trinajstić information content (AvgIpc) is 2.42. The fourth-order valence-corrected chi connectivity index (χ4v) is 1.56. The standard InChI is InChI=1S/C11H19N5O3/c1-19-8-4-2-3-7-13-11-9(16(17)18)5-6-10(14-11)15-12/h5-6H,2-4,7-8,12H2,1H3,(H2,13,14,15). The van der Waals surface area contributed by atoms with Gasteiger partial charge in [0.25, 0.3) is 0 Å². The van der Waals surface area contributed by atoms with Crippen LogP contribution in [0.1, 0.15) is 19.3 Å². The SMILES string of the molecule is COCCCCCNc1nc(NN)ccc1[N+](=O)[O-]. The van der Waals surface area contributed by atoms with Gasteiger partial charge in [0.05, 0.1) is 4.92 Å². The molecule has 19 heavy (non-hydrogen) atoms. The number of hydrogen-bond donors (Lipinski definition) is 3. The minimum Gasteiger partial charge on any atom is -0.385 e. The molecule has 0 saturated carbocycles. The van der Waals surface area contributed by atoms with Crippen LogP contribution in [0.4, 0.5) is 17.3 Å². The molecule has 0 radical (unpaired) electrons. The second-order valence-corrected chi connectivity index (χ2v) is 3.95. The largest absolute Gasteiger partial charge is 0.385 e. The molecule has 106 valence electrons. The first kappa shape index (κ1) is 15.1. The lowest BCUT2D eigenvalue weighted by Crippen LogP contribution is -2.12. The minimum atomic E-state index is -0.472. The molecule has 0 aliphatic rings. The third kappa shape index (κ3) is 5.06. The maximum atomic E-state index is 10.9. The maximum absolute atomic E-state index is 10.9. The number of pyridine rings is 1. The van der Waals surface area contributed by atoms with Gasteiger partial charge in [-0.3, -0.25) is 10.1 Å². The zero-order valence-corrected chi connectivity index (χ0v) is 10.9. The van der Waals surface area contributed by atoms with Crippen LogP contribution < -0.4 is 16.6 Å². The van der Waals surface area contributed by atoms with Crippen molar-refractivity contribution in [1.82, 2.24) is 4.98 Å². The van der Waals surface area contributed by atoms with Gasteiger partial charge in [0.15, 0.2) is 0 Å². The van der Waals surface area contributed by atoms with Crippen LogP contribution in [0.25, 0.3) is 0 Å². The lowest BCUT2D eigenvalue weighted by atomic mass is 10.2. The van der Waals surface area contributed by atoms with Crippen LogP contribution in [0.2, 0.25) is 0 Å². The van der Waals surface area contributed by atoms with Crippen molar-refractivity contribution in [3.8, 4) is 0 Å². The third-order valence-electron chi connectivity index (χ3n) is 2.54. The number of anilines is 2. The lowest BCUT2D eigenvalue weighted by Gasteiger charge is -2.07. The molecular weight excluding hydrogens is 250 g/mol. The van der Waals surface area contributed by atoms with E-state index in [1.54, 1.807) is 7.11 Å². The molecule has 0 amide bonds. The Hall–Kier alpha value is -1.93. The van der Waals surface area contributed by atoms with Crippen LogP contribution in [0.5, 0.6) is 0 Å². The van der Waals surface area contributed by atoms with E-state index >= 15 is 0 Å². The van der Waals surface area contributed by atoms with Crippen molar-refractivity contribution in [2.75, 3.05) is 31.0 Å². The first-order valence-corrected chi connectivity index (χ1v) is 6.04. The Bertz CT molecular complexity index is 413. The fraction of sp³-hybridized carbons (Fsp3) is 0.545. The van der Waals surface area contributed by atoms with E-state index in [9.17, 15) is 10.1 Å². The second-order valence-electron chi connectivity index (χ2n) is 3.95. The lowest BCUT2D eigenvalue weighted by molar-refractivity contribution is -0.384. The average molecular weight is 269 g/mol. The molecule has 0 fully saturated rings. The van der Waals surface area contributed by atoms with Crippen molar-refractivity contribution >= 4 is 17.3 Å². The monoisotopic (exact) mass is 269 g/mol. The first-order chi connectivity index (χ1) is 9.19. The molecule has 0 bridgehead atoms. The predicted molar refractivity (Wildman–Crippen MR) is 72.9 cm³/mol. The van der Waals surface area contributed by atoms with Gasteiger partial charge in [-0.15, -0.1) is 0 Å². The van der Waals surface area contributed by atoms with E-state index in [2.05, 4.69) is 15.7 Å². The molecule has 0 aromatic carbocycles. The van der Waals surface area contributed by atoms with E-state index in [1.807, 2.05) is 0 Å². The van der Waals surface area contributed by atoms with Crippen molar-refractivity contribution < 1.29 is 9.66 Å². The van der Waals surface area contributed by atoms with Crippen molar-refractivity contribution in [2.45, 2.75) is 19.3 Å². The second kappa shape index (κ2) is 8.22. The smallest absolute Gasteiger partial charge is 0.311 e. The van der Waals surface area contributed by atoms with Crippen LogP contribution in [-0.4, -0.2) is 30.2 Å². The van der Waals surface area contributed by atoms with Gasteiger partial charge in [-0.2, -0.15) is 0 Å². The number of aromatic nitrogens is 1. The molecule has 1 heterocycles. The Morgan fingerprint density at radius 2 is 2.21 bits per heavy atom. The summed E-state index contributed by atoms with van der Waals surface area (Å²) < 4.78 is 4.94. The highest BCUT2D eigenvalue weighted by molar-refractivity contribution is 5.59. The molecule has 0 aliphatic heterocycles. The summed E-state index contributed by atoms with van der Waals surface area (Å²) in [5.74, 6) is 5.84. The molecule has 4 N–H and O–H groups in total. The molecule has 0 spiro atoms. The van der Waals surface area contributed by atoms with Gasteiger partial charge in [0.1, 0.15) is 5.82 Å². The summed E-state index contributed by atoms with van der Waals surface area (Å²) in [6, 6.07) is 2.83. The van der Waals surface area contributed by atoms with E-state index in [0.29, 0.717) is 12.4 Å². The van der Waals surface area contributed by atoms with Crippen LogP contribution in [0.3, 0.4) is 0 Å². The molecule has 0 atom stereocenters. The molecule has 1 aromatic rings. The molecule has 1 aromatic heterocycles. The normalized spacial score (nSPS) is 10.2. The van der Waals surface area contributed by atoms with Gasteiger partial charge < -0.3 is 15.5 Å². The zero-order chi connectivity index (χ0) is 14.1. The number of nitrogens with zero attached hydrogens (tertiary/aromatic N) is 2. The van der Waals surface area contributed by atoms with Gasteiger partial charge in [-0.05, 0) is 25.3 Å². The number of methoxy groups -OCH3 is 1. The fourth-order valence-electron chi connectivity index (χ4n) is 1.56. The Labute approximate surface area is 111 Å². The molecule has 8 nitrogen and oxygen atoms in total. The molecule has 0 unspecified atom stereocenters. The molecule has 1 rings (SSSR count). The summed E-state index contributed by atoms with van der Waals surface area (Å²) in [6.45, 7) is 1.34. The van der Waals surface area contributed by atoms with Gasteiger partial charge in [0, 0.05) is 26.3 Å². The summed E-state index contributed by atoms with van der Waals surface area (Å²) in [7, 11) is 1.66.